The Hall–Kier alpha value is -0.250. The predicted molar refractivity (Wildman–Crippen MR) is 36.5 cm³/mol. The van der Waals surface area contributed by atoms with Gasteiger partial charge < -0.3 is 5.11 Å². The summed E-state index contributed by atoms with van der Waals surface area (Å²) >= 11 is 0. The summed E-state index contributed by atoms with van der Waals surface area (Å²) in [6, 6.07) is 0. The Labute approximate surface area is 64.2 Å². The molecule has 0 fully saturated rings. The van der Waals surface area contributed by atoms with Crippen molar-refractivity contribution in [2.45, 2.75) is 38.3 Å². The highest BCUT2D eigenvalue weighted by molar-refractivity contribution is 4.85. The lowest BCUT2D eigenvalue weighted by atomic mass is 9.98. The first kappa shape index (κ1) is 10.8. The van der Waals surface area contributed by atoms with Gasteiger partial charge >= 0.3 is 0 Å². The number of hydrogen-bond acceptors (Lipinski definition) is 1. The van der Waals surface area contributed by atoms with Crippen LogP contribution in [0.15, 0.2) is 0 Å². The maximum absolute atomic E-state index is 12.7. The maximum Gasteiger partial charge on any atom is 0.280 e. The number of rotatable bonds is 4. The van der Waals surface area contributed by atoms with E-state index in [0.717, 1.165) is 13.8 Å². The summed E-state index contributed by atoms with van der Waals surface area (Å²) < 4.78 is 37.9. The first-order valence-corrected chi connectivity index (χ1v) is 3.49. The van der Waals surface area contributed by atoms with E-state index in [-0.39, 0.29) is 13.0 Å². The van der Waals surface area contributed by atoms with E-state index in [2.05, 4.69) is 0 Å². The molecule has 0 aromatic rings. The predicted octanol–water partition coefficient (Wildman–Crippen LogP) is 2.14. The number of aliphatic hydroxyl groups is 1. The van der Waals surface area contributed by atoms with Gasteiger partial charge in [-0.05, 0) is 20.3 Å². The second-order valence-corrected chi connectivity index (χ2v) is 3.00. The van der Waals surface area contributed by atoms with Crippen LogP contribution < -0.4 is 0 Å². The molecule has 0 saturated carbocycles. The highest BCUT2D eigenvalue weighted by Gasteiger charge is 2.46. The van der Waals surface area contributed by atoms with E-state index in [1.165, 1.54) is 0 Å². The van der Waals surface area contributed by atoms with E-state index in [4.69, 9.17) is 5.11 Å². The average molecular weight is 170 g/mol. The molecule has 0 aliphatic heterocycles. The number of halogens is 3. The second kappa shape index (κ2) is 3.43. The summed E-state index contributed by atoms with van der Waals surface area (Å²) in [5.41, 5.74) is -2.50. The van der Waals surface area contributed by atoms with Crippen LogP contribution in [0.1, 0.15) is 26.7 Å². The average Bonchev–Trinajstić information content (AvgIpc) is 1.81. The lowest BCUT2D eigenvalue weighted by molar-refractivity contribution is -0.127. The summed E-state index contributed by atoms with van der Waals surface area (Å²) in [6.07, 6.45) is -0.673. The Bertz CT molecular complexity index is 117. The molecule has 0 atom stereocenters. The Balaban J connectivity index is 4.00. The topological polar surface area (TPSA) is 20.2 Å². The molecule has 68 valence electrons. The highest BCUT2D eigenvalue weighted by Crippen LogP contribution is 2.35. The van der Waals surface area contributed by atoms with Gasteiger partial charge in [-0.25, -0.2) is 13.2 Å². The summed E-state index contributed by atoms with van der Waals surface area (Å²) in [5, 5.41) is 8.24. The number of hydrogen-bond donors (Lipinski definition) is 1. The van der Waals surface area contributed by atoms with Crippen molar-refractivity contribution in [1.82, 2.24) is 0 Å². The third kappa shape index (κ3) is 3.10. The molecule has 0 aliphatic carbocycles. The van der Waals surface area contributed by atoms with Crippen molar-refractivity contribution in [2.75, 3.05) is 6.61 Å². The Morgan fingerprint density at radius 2 is 1.64 bits per heavy atom. The van der Waals surface area contributed by atoms with Crippen molar-refractivity contribution in [3.05, 3.63) is 0 Å². The van der Waals surface area contributed by atoms with Gasteiger partial charge in [-0.2, -0.15) is 0 Å². The van der Waals surface area contributed by atoms with Crippen molar-refractivity contribution >= 4 is 0 Å². The maximum atomic E-state index is 12.7. The van der Waals surface area contributed by atoms with E-state index < -0.39 is 18.0 Å². The molecule has 1 N–H and O–H groups in total. The van der Waals surface area contributed by atoms with Crippen LogP contribution in [0.5, 0.6) is 0 Å². The smallest absolute Gasteiger partial charge is 0.280 e. The first-order chi connectivity index (χ1) is 4.81. The zero-order chi connectivity index (χ0) is 9.12. The Morgan fingerprint density at radius 3 is 1.91 bits per heavy atom. The van der Waals surface area contributed by atoms with Crippen LogP contribution >= 0.6 is 0 Å². The highest BCUT2D eigenvalue weighted by atomic mass is 19.3. The number of alkyl halides is 3. The Morgan fingerprint density at radius 1 is 1.18 bits per heavy atom. The molecule has 0 saturated heterocycles. The summed E-state index contributed by atoms with van der Waals surface area (Å²) in [7, 11) is 0. The summed E-state index contributed by atoms with van der Waals surface area (Å²) in [4.78, 5) is 0. The molecular weight excluding hydrogens is 157 g/mol. The van der Waals surface area contributed by atoms with Crippen molar-refractivity contribution in [3.63, 3.8) is 0 Å². The zero-order valence-corrected chi connectivity index (χ0v) is 6.70. The molecule has 0 rings (SSSR count). The normalized spacial score (nSPS) is 13.6. The van der Waals surface area contributed by atoms with Crippen molar-refractivity contribution in [3.8, 4) is 0 Å². The third-order valence-electron chi connectivity index (χ3n) is 1.52. The Kier molecular flexibility index (Phi) is 3.35. The van der Waals surface area contributed by atoms with Gasteiger partial charge in [0.2, 0.25) is 0 Å². The monoisotopic (exact) mass is 170 g/mol. The standard InChI is InChI=1S/C7H13F3O/c1-6(2,8)7(9,10)4-3-5-11/h11H,3-5H2,1-2H3. The van der Waals surface area contributed by atoms with Gasteiger partial charge in [0, 0.05) is 13.0 Å². The molecule has 11 heavy (non-hydrogen) atoms. The van der Waals surface area contributed by atoms with Gasteiger partial charge in [0.25, 0.3) is 5.92 Å². The zero-order valence-electron chi connectivity index (χ0n) is 6.70. The van der Waals surface area contributed by atoms with Gasteiger partial charge in [-0.1, -0.05) is 0 Å². The van der Waals surface area contributed by atoms with Crippen molar-refractivity contribution in [2.24, 2.45) is 0 Å². The van der Waals surface area contributed by atoms with Crippen molar-refractivity contribution in [1.29, 1.82) is 0 Å². The van der Waals surface area contributed by atoms with Crippen molar-refractivity contribution < 1.29 is 18.3 Å². The molecule has 0 radical (unpaired) electrons. The van der Waals surface area contributed by atoms with Crippen LogP contribution in [-0.4, -0.2) is 23.3 Å². The quantitative estimate of drug-likeness (QED) is 0.685. The van der Waals surface area contributed by atoms with Crippen LogP contribution in [0.4, 0.5) is 13.2 Å². The van der Waals surface area contributed by atoms with Gasteiger partial charge in [0.15, 0.2) is 5.67 Å². The largest absolute Gasteiger partial charge is 0.396 e. The minimum Gasteiger partial charge on any atom is -0.396 e. The third-order valence-corrected chi connectivity index (χ3v) is 1.52. The van der Waals surface area contributed by atoms with E-state index in [9.17, 15) is 13.2 Å². The molecule has 0 bridgehead atoms. The summed E-state index contributed by atoms with van der Waals surface area (Å²) in [6.45, 7) is 1.35. The lowest BCUT2D eigenvalue weighted by Crippen LogP contribution is -2.38. The molecule has 0 spiro atoms. The van der Waals surface area contributed by atoms with Crippen LogP contribution in [0.2, 0.25) is 0 Å². The molecule has 0 aromatic heterocycles. The van der Waals surface area contributed by atoms with E-state index >= 15 is 0 Å². The first-order valence-electron chi connectivity index (χ1n) is 3.49. The minimum atomic E-state index is -3.34. The fraction of sp³-hybridized carbons (Fsp3) is 1.00. The number of aliphatic hydroxyl groups excluding tert-OH is 1. The summed E-state index contributed by atoms with van der Waals surface area (Å²) in [5.74, 6) is -3.34. The van der Waals surface area contributed by atoms with Crippen LogP contribution in [0, 0.1) is 0 Å². The van der Waals surface area contributed by atoms with Crippen LogP contribution in [-0.2, 0) is 0 Å². The molecule has 0 aliphatic rings. The van der Waals surface area contributed by atoms with Crippen LogP contribution in [0.3, 0.4) is 0 Å². The van der Waals surface area contributed by atoms with Gasteiger partial charge in [0.05, 0.1) is 0 Å². The molecule has 0 heterocycles. The van der Waals surface area contributed by atoms with Gasteiger partial charge in [-0.15, -0.1) is 0 Å². The SMILES string of the molecule is CC(C)(F)C(F)(F)CCCO. The minimum absolute atomic E-state index is 0.0691. The molecular formula is C7H13F3O. The molecule has 1 nitrogen and oxygen atoms in total. The molecule has 4 heteroatoms. The van der Waals surface area contributed by atoms with Crippen LogP contribution in [0.25, 0.3) is 0 Å². The molecule has 0 amide bonds. The van der Waals surface area contributed by atoms with E-state index in [1.54, 1.807) is 0 Å². The second-order valence-electron chi connectivity index (χ2n) is 3.00. The van der Waals surface area contributed by atoms with E-state index in [0.29, 0.717) is 0 Å². The lowest BCUT2D eigenvalue weighted by Gasteiger charge is -2.26. The molecule has 0 unspecified atom stereocenters. The van der Waals surface area contributed by atoms with E-state index in [1.807, 2.05) is 0 Å². The fourth-order valence-electron chi connectivity index (χ4n) is 0.598. The fourth-order valence-corrected chi connectivity index (χ4v) is 0.598. The van der Waals surface area contributed by atoms with Gasteiger partial charge in [-0.3, -0.25) is 0 Å². The van der Waals surface area contributed by atoms with Gasteiger partial charge in [0.1, 0.15) is 0 Å². The molecule has 0 aromatic carbocycles.